The number of rotatable bonds is 0. The molecule has 4 heteroatoms. The monoisotopic (exact) mass is 263 g/mol. The molecule has 3 rings (SSSR count). The molecule has 1 aromatic heterocycles. The molecule has 2 nitrogen and oxygen atoms in total. The summed E-state index contributed by atoms with van der Waals surface area (Å²) in [5, 5.41) is 1.65. The van der Waals surface area contributed by atoms with E-state index >= 15 is 0 Å². The largest absolute Gasteiger partial charge is 0.287 e. The zero-order valence-electron chi connectivity index (χ0n) is 9.29. The molecule has 0 unspecified atom stereocenters. The normalized spacial score (nSPS) is 14.1. The smallest absolute Gasteiger partial charge is 0.212 e. The van der Waals surface area contributed by atoms with Crippen molar-refractivity contribution in [3.63, 3.8) is 0 Å². The highest BCUT2D eigenvalue weighted by atomic mass is 35.5. The maximum absolute atomic E-state index is 12.4. The van der Waals surface area contributed by atoms with E-state index in [-0.39, 0.29) is 5.78 Å². The van der Waals surface area contributed by atoms with Crippen molar-refractivity contribution < 1.29 is 4.79 Å². The number of aromatic nitrogens is 1. The lowest BCUT2D eigenvalue weighted by molar-refractivity contribution is 0.103. The van der Waals surface area contributed by atoms with Gasteiger partial charge in [0.2, 0.25) is 5.78 Å². The second-order valence-corrected chi connectivity index (χ2v) is 5.86. The Morgan fingerprint density at radius 2 is 2.18 bits per heavy atom. The van der Waals surface area contributed by atoms with Crippen LogP contribution in [0.15, 0.2) is 18.2 Å². The second-order valence-electron chi connectivity index (χ2n) is 4.14. The Balaban J connectivity index is 2.19. The molecule has 0 atom stereocenters. The molecule has 0 spiro atoms. The van der Waals surface area contributed by atoms with Crippen LogP contribution in [0.2, 0.25) is 5.02 Å². The van der Waals surface area contributed by atoms with E-state index in [1.807, 2.05) is 19.1 Å². The summed E-state index contributed by atoms with van der Waals surface area (Å²) >= 11 is 7.58. The third-order valence-corrected chi connectivity index (χ3v) is 4.22. The van der Waals surface area contributed by atoms with Gasteiger partial charge in [-0.2, -0.15) is 0 Å². The summed E-state index contributed by atoms with van der Waals surface area (Å²) in [6, 6.07) is 5.46. The summed E-state index contributed by atoms with van der Waals surface area (Å²) < 4.78 is 0. The molecule has 0 saturated carbocycles. The fourth-order valence-corrected chi connectivity index (χ4v) is 3.31. The molecule has 86 valence electrons. The highest BCUT2D eigenvalue weighted by Gasteiger charge is 2.24. The summed E-state index contributed by atoms with van der Waals surface area (Å²) in [5.41, 5.74) is 2.41. The Bertz CT molecular complexity index is 618. The van der Waals surface area contributed by atoms with Crippen LogP contribution in [0, 0.1) is 6.92 Å². The predicted octanol–water partition coefficient (Wildman–Crippen LogP) is 3.43. The fraction of sp³-hybridized carbons (Fsp3) is 0.231. The van der Waals surface area contributed by atoms with Crippen molar-refractivity contribution in [2.75, 3.05) is 0 Å². The summed E-state index contributed by atoms with van der Waals surface area (Å²) in [4.78, 5) is 17.8. The molecule has 0 fully saturated rings. The van der Waals surface area contributed by atoms with Gasteiger partial charge in [-0.25, -0.2) is 4.98 Å². The molecule has 0 saturated heterocycles. The predicted molar refractivity (Wildman–Crippen MR) is 69.1 cm³/mol. The highest BCUT2D eigenvalue weighted by molar-refractivity contribution is 7.11. The van der Waals surface area contributed by atoms with Gasteiger partial charge in [0.1, 0.15) is 5.69 Å². The summed E-state index contributed by atoms with van der Waals surface area (Å²) in [6.45, 7) is 1.94. The van der Waals surface area contributed by atoms with E-state index in [0.717, 1.165) is 33.9 Å². The molecular formula is C13H10ClNOS. The molecule has 0 amide bonds. The van der Waals surface area contributed by atoms with Gasteiger partial charge in [-0.05, 0) is 43.5 Å². The van der Waals surface area contributed by atoms with Crippen molar-refractivity contribution in [2.45, 2.75) is 19.8 Å². The Hall–Kier alpha value is -1.19. The number of hydrogen-bond acceptors (Lipinski definition) is 3. The third kappa shape index (κ3) is 1.79. The minimum Gasteiger partial charge on any atom is -0.287 e. The first-order chi connectivity index (χ1) is 8.15. The summed E-state index contributed by atoms with van der Waals surface area (Å²) in [6.07, 6.45) is 1.73. The number of fused-ring (bicyclic) bond motifs is 2. The average molecular weight is 264 g/mol. The zero-order valence-corrected chi connectivity index (χ0v) is 10.9. The quantitative estimate of drug-likeness (QED) is 0.729. The Kier molecular flexibility index (Phi) is 2.53. The van der Waals surface area contributed by atoms with Crippen LogP contribution in [-0.4, -0.2) is 10.8 Å². The molecule has 0 aliphatic heterocycles. The number of benzene rings is 1. The van der Waals surface area contributed by atoms with Crippen LogP contribution in [0.4, 0.5) is 0 Å². The van der Waals surface area contributed by atoms with Crippen LogP contribution in [0.5, 0.6) is 0 Å². The van der Waals surface area contributed by atoms with Gasteiger partial charge >= 0.3 is 0 Å². The second kappa shape index (κ2) is 3.93. The van der Waals surface area contributed by atoms with Gasteiger partial charge in [-0.15, -0.1) is 11.3 Å². The van der Waals surface area contributed by atoms with Gasteiger partial charge < -0.3 is 0 Å². The van der Waals surface area contributed by atoms with E-state index in [1.165, 1.54) is 0 Å². The van der Waals surface area contributed by atoms with Crippen LogP contribution in [0.25, 0.3) is 0 Å². The van der Waals surface area contributed by atoms with Crippen LogP contribution < -0.4 is 0 Å². The first-order valence-electron chi connectivity index (χ1n) is 5.44. The van der Waals surface area contributed by atoms with E-state index in [1.54, 1.807) is 17.4 Å². The van der Waals surface area contributed by atoms with Gasteiger partial charge in [0.05, 0.1) is 5.01 Å². The lowest BCUT2D eigenvalue weighted by atomic mass is 10.0. The number of carbonyl (C=O) groups excluding carboxylic acids is 1. The Labute approximate surface area is 108 Å². The molecule has 2 aromatic rings. The zero-order chi connectivity index (χ0) is 12.0. The topological polar surface area (TPSA) is 30.0 Å². The maximum atomic E-state index is 12.4. The molecule has 17 heavy (non-hydrogen) atoms. The summed E-state index contributed by atoms with van der Waals surface area (Å²) in [7, 11) is 0. The molecule has 0 radical (unpaired) electrons. The maximum Gasteiger partial charge on any atom is 0.212 e. The molecule has 0 N–H and O–H groups in total. The van der Waals surface area contributed by atoms with Gasteiger partial charge in [-0.1, -0.05) is 11.6 Å². The van der Waals surface area contributed by atoms with E-state index in [2.05, 4.69) is 4.98 Å². The molecule has 1 aliphatic rings. The molecule has 1 aliphatic carbocycles. The SMILES string of the molecule is Cc1nc2c(s1)CCc1cc(Cl)ccc1C2=O. The van der Waals surface area contributed by atoms with Crippen molar-refractivity contribution in [3.05, 3.63) is 49.9 Å². The molecular weight excluding hydrogens is 254 g/mol. The number of hydrogen-bond donors (Lipinski definition) is 0. The number of thiazole rings is 1. The Morgan fingerprint density at radius 1 is 1.35 bits per heavy atom. The minimum atomic E-state index is 0.0357. The van der Waals surface area contributed by atoms with Gasteiger partial charge in [0, 0.05) is 15.5 Å². The minimum absolute atomic E-state index is 0.0357. The van der Waals surface area contributed by atoms with Gasteiger partial charge in [-0.3, -0.25) is 4.79 Å². The van der Waals surface area contributed by atoms with Crippen LogP contribution >= 0.6 is 22.9 Å². The van der Waals surface area contributed by atoms with Crippen molar-refractivity contribution >= 4 is 28.7 Å². The van der Waals surface area contributed by atoms with E-state index in [0.29, 0.717) is 10.7 Å². The lowest BCUT2D eigenvalue weighted by Crippen LogP contribution is -2.04. The number of aryl methyl sites for hydroxylation is 3. The molecule has 1 aromatic carbocycles. The van der Waals surface area contributed by atoms with Crippen molar-refractivity contribution in [1.29, 1.82) is 0 Å². The summed E-state index contributed by atoms with van der Waals surface area (Å²) in [5.74, 6) is 0.0357. The standard InChI is InChI=1S/C13H10ClNOS/c1-7-15-12-11(17-7)5-2-8-6-9(14)3-4-10(8)13(12)16/h3-4,6H,2,5H2,1H3. The molecule has 0 bridgehead atoms. The van der Waals surface area contributed by atoms with Crippen LogP contribution in [-0.2, 0) is 12.8 Å². The Morgan fingerprint density at radius 3 is 3.00 bits per heavy atom. The van der Waals surface area contributed by atoms with Crippen molar-refractivity contribution in [2.24, 2.45) is 0 Å². The number of carbonyl (C=O) groups is 1. The van der Waals surface area contributed by atoms with E-state index < -0.39 is 0 Å². The highest BCUT2D eigenvalue weighted by Crippen LogP contribution is 2.29. The number of halogens is 1. The van der Waals surface area contributed by atoms with Crippen molar-refractivity contribution in [1.82, 2.24) is 4.98 Å². The average Bonchev–Trinajstić information content (AvgIpc) is 2.62. The van der Waals surface area contributed by atoms with E-state index in [9.17, 15) is 4.79 Å². The van der Waals surface area contributed by atoms with E-state index in [4.69, 9.17) is 11.6 Å². The van der Waals surface area contributed by atoms with Gasteiger partial charge in [0.15, 0.2) is 0 Å². The molecule has 1 heterocycles. The number of ketones is 1. The number of nitrogens with zero attached hydrogens (tertiary/aromatic N) is 1. The first kappa shape index (κ1) is 10.9. The van der Waals surface area contributed by atoms with Crippen LogP contribution in [0.3, 0.4) is 0 Å². The van der Waals surface area contributed by atoms with Gasteiger partial charge in [0.25, 0.3) is 0 Å². The van der Waals surface area contributed by atoms with Crippen LogP contribution in [0.1, 0.15) is 31.5 Å². The fourth-order valence-electron chi connectivity index (χ4n) is 2.18. The van der Waals surface area contributed by atoms with Crippen molar-refractivity contribution in [3.8, 4) is 0 Å². The lowest BCUT2D eigenvalue weighted by Gasteiger charge is -2.04. The first-order valence-corrected chi connectivity index (χ1v) is 6.64. The third-order valence-electron chi connectivity index (χ3n) is 2.95.